The molecule has 24 atom stereocenters. The Hall–Kier alpha value is -7.23. The first-order valence-corrected chi connectivity index (χ1v) is 36.9. The van der Waals surface area contributed by atoms with Gasteiger partial charge in [-0.15, -0.1) is 0 Å². The van der Waals surface area contributed by atoms with Crippen LogP contribution < -0.4 is 18.9 Å². The molecule has 12 fully saturated rings. The van der Waals surface area contributed by atoms with Gasteiger partial charge in [-0.05, 0) is 218 Å². The summed E-state index contributed by atoms with van der Waals surface area (Å²) in [7, 11) is 0. The van der Waals surface area contributed by atoms with E-state index >= 15 is 0 Å². The third-order valence-corrected chi connectivity index (χ3v) is 25.8. The lowest BCUT2D eigenvalue weighted by Gasteiger charge is -2.28. The number of fused-ring (bicyclic) bond motifs is 4. The van der Waals surface area contributed by atoms with Gasteiger partial charge in [0, 0.05) is 47.3 Å². The number of aryl methyl sites for hydroxylation is 1. The summed E-state index contributed by atoms with van der Waals surface area (Å²) < 4.78 is 60.6. The Kier molecular flexibility index (Phi) is 20.3. The van der Waals surface area contributed by atoms with E-state index in [0.717, 1.165) is 0 Å². The quantitative estimate of drug-likeness (QED) is 0.0206. The van der Waals surface area contributed by atoms with Crippen molar-refractivity contribution in [3.63, 3.8) is 0 Å². The van der Waals surface area contributed by atoms with Crippen LogP contribution >= 0.6 is 113 Å². The zero-order chi connectivity index (χ0) is 73.3. The summed E-state index contributed by atoms with van der Waals surface area (Å²) in [6.07, 6.45) is -5.63. The lowest BCUT2D eigenvalue weighted by Crippen LogP contribution is -2.43. The van der Waals surface area contributed by atoms with Gasteiger partial charge in [-0.2, -0.15) is 0 Å². The second kappa shape index (κ2) is 28.3. The Morgan fingerprint density at radius 2 is 0.814 bits per heavy atom. The van der Waals surface area contributed by atoms with Crippen LogP contribution in [0.5, 0.6) is 46.0 Å². The van der Waals surface area contributed by atoms with E-state index in [0.29, 0.717) is 54.8 Å². The third kappa shape index (κ3) is 13.3. The van der Waals surface area contributed by atoms with E-state index in [9.17, 15) is 98.4 Å². The number of carbonyl (C=O) groups excluding carboxylic acids is 8. The highest BCUT2D eigenvalue weighted by Crippen LogP contribution is 2.63. The Balaban J connectivity index is 0.000000121. The Morgan fingerprint density at radius 3 is 1.26 bits per heavy atom. The van der Waals surface area contributed by atoms with Crippen LogP contribution in [-0.4, -0.2) is 156 Å². The van der Waals surface area contributed by atoms with E-state index in [-0.39, 0.29) is 88.3 Å². The molecule has 4 aromatic rings. The van der Waals surface area contributed by atoms with E-state index in [4.69, 9.17) is 52.1 Å². The molecule has 16 rings (SSSR count). The summed E-state index contributed by atoms with van der Waals surface area (Å²) in [6, 6.07) is 14.5. The summed E-state index contributed by atoms with van der Waals surface area (Å²) in [5.74, 6) is -14.3. The molecule has 31 nitrogen and oxygen atoms in total. The van der Waals surface area contributed by atoms with Crippen molar-refractivity contribution in [1.29, 1.82) is 0 Å². The molecule has 8 N–H and O–H groups in total. The maximum absolute atomic E-state index is 12.4. The van der Waals surface area contributed by atoms with Crippen molar-refractivity contribution < 1.29 is 150 Å². The summed E-state index contributed by atoms with van der Waals surface area (Å²) >= 11 is 9.54. The fourth-order valence-corrected chi connectivity index (χ4v) is 20.6. The van der Waals surface area contributed by atoms with Gasteiger partial charge in [-0.1, -0.05) is 0 Å². The molecule has 4 aliphatic heterocycles. The lowest BCUT2D eigenvalue weighted by atomic mass is 9.73. The lowest BCUT2D eigenvalue weighted by molar-refractivity contribution is -0.151. The molecule has 540 valence electrons. The van der Waals surface area contributed by atoms with Crippen LogP contribution in [0.2, 0.25) is 0 Å². The van der Waals surface area contributed by atoms with Gasteiger partial charge in [-0.25, -0.2) is 14.4 Å². The zero-order valence-electron chi connectivity index (χ0n) is 52.0. The zero-order valence-corrected chi connectivity index (χ0v) is 62.8. The minimum atomic E-state index is -1.08. The first kappa shape index (κ1) is 73.1. The number of phenolic OH excluding ortho intramolecular Hbond substituents is 4. The van der Waals surface area contributed by atoms with Crippen molar-refractivity contribution in [3.8, 4) is 46.0 Å². The standard InChI is InChI=1S/C18H17IO7.C16H12I2O8.2C16H13IO8/c1-6-2-7(3-11(19)15(6)21)25-12(20)5-9-8-4-10-14(13(8)17(22)23)18(24)26-16(9)10;17-6-3-9(7(18)2-8(6)19)24-16(23)26-13-4-1-5-11(10(4)14(20)21)15(22)25-12(5)13;17-8-3-5(1-2-9(8)18)23-16(22)25-13-6-4-7-11(10(6)14(19)20)15(21)24-12(7)13;17-8-3-5(18)1-2-9(8)23-16(22)25-13-6-4-7-11(10(6)14(19)20)15(21)24-12(7)13/h2-3,8-10,13-14,16,21H,4-5H2,1H3,(H,22,23);2-5,10-13,19H,1H2,(H,20,21);2*1-3,6-7,10-13,18H,4H2,(H,19,20). The largest absolute Gasteiger partial charge is 0.514 e. The van der Waals surface area contributed by atoms with Gasteiger partial charge in [0.2, 0.25) is 0 Å². The number of halogens is 5. The van der Waals surface area contributed by atoms with E-state index in [1.165, 1.54) is 48.5 Å². The minimum absolute atomic E-state index is 0.00607. The number of carbonyl (C=O) groups is 12. The number of hydrogen-bond donors (Lipinski definition) is 8. The second-order valence-electron chi connectivity index (χ2n) is 26.6. The topological polar surface area (TPSA) is 468 Å². The molecule has 12 aliphatic rings. The van der Waals surface area contributed by atoms with Gasteiger partial charge in [0.1, 0.15) is 88.7 Å². The van der Waals surface area contributed by atoms with Gasteiger partial charge in [-0.3, -0.25) is 43.2 Å². The Morgan fingerprint density at radius 1 is 0.412 bits per heavy atom. The van der Waals surface area contributed by atoms with Gasteiger partial charge >= 0.3 is 72.2 Å². The van der Waals surface area contributed by atoms with Crippen molar-refractivity contribution in [3.05, 3.63) is 84.1 Å². The molecular formula is C66H55I5O31. The first-order valence-electron chi connectivity index (χ1n) is 31.5. The van der Waals surface area contributed by atoms with Crippen LogP contribution in [0.3, 0.4) is 0 Å². The molecule has 4 saturated heterocycles. The number of carboxylic acids is 4. The number of ether oxygens (including phenoxy) is 11. The maximum atomic E-state index is 12.4. The average molecular weight is 1980 g/mol. The van der Waals surface area contributed by atoms with E-state index < -0.39 is 174 Å². The van der Waals surface area contributed by atoms with Crippen LogP contribution in [0.4, 0.5) is 14.4 Å². The fourth-order valence-electron chi connectivity index (χ4n) is 17.8. The van der Waals surface area contributed by atoms with Crippen molar-refractivity contribution >= 4 is 185 Å². The summed E-state index contributed by atoms with van der Waals surface area (Å²) in [5.41, 5.74) is 0.595. The molecule has 102 heavy (non-hydrogen) atoms. The monoisotopic (exact) mass is 1980 g/mol. The van der Waals surface area contributed by atoms with Gasteiger partial charge in [0.15, 0.2) is 0 Å². The molecule has 0 aromatic heterocycles. The smallest absolute Gasteiger partial charge is 0.508 e. The van der Waals surface area contributed by atoms with Gasteiger partial charge < -0.3 is 93.0 Å². The number of phenols is 4. The predicted molar refractivity (Wildman–Crippen MR) is 372 cm³/mol. The summed E-state index contributed by atoms with van der Waals surface area (Å²) in [6.45, 7) is 1.71. The third-order valence-electron chi connectivity index (χ3n) is 21.5. The molecule has 0 spiro atoms. The van der Waals surface area contributed by atoms with Crippen LogP contribution in [0, 0.1) is 125 Å². The normalized spacial score (nSPS) is 34.3. The highest BCUT2D eigenvalue weighted by atomic mass is 127. The molecule has 8 bridgehead atoms. The second-order valence-corrected chi connectivity index (χ2v) is 32.4. The number of aliphatic carboxylic acids is 4. The van der Waals surface area contributed by atoms with Crippen LogP contribution in [0.25, 0.3) is 0 Å². The van der Waals surface area contributed by atoms with Crippen molar-refractivity contribution in [2.75, 3.05) is 0 Å². The van der Waals surface area contributed by atoms with Gasteiger partial charge in [0.05, 0.1) is 71.6 Å². The predicted octanol–water partition coefficient (Wildman–Crippen LogP) is 8.03. The Bertz CT molecular complexity index is 4240. The highest BCUT2D eigenvalue weighted by Gasteiger charge is 2.73. The van der Waals surface area contributed by atoms with Crippen molar-refractivity contribution in [2.24, 2.45) is 101 Å². The number of rotatable bonds is 13. The molecule has 36 heteroatoms. The number of hydrogen-bond acceptors (Lipinski definition) is 27. The molecule has 8 saturated carbocycles. The minimum Gasteiger partial charge on any atom is -0.508 e. The van der Waals surface area contributed by atoms with Crippen LogP contribution in [0.1, 0.15) is 37.7 Å². The van der Waals surface area contributed by atoms with E-state index in [2.05, 4.69) is 0 Å². The average Bonchev–Trinajstić information content (AvgIpc) is 1.58. The number of aromatic hydroxyl groups is 4. The highest BCUT2D eigenvalue weighted by molar-refractivity contribution is 14.1. The molecule has 0 amide bonds. The molecule has 4 aromatic carbocycles. The maximum Gasteiger partial charge on any atom is 0.514 e. The number of benzene rings is 4. The van der Waals surface area contributed by atoms with E-state index in [1.807, 2.05) is 113 Å². The molecular weight excluding hydrogens is 1920 g/mol. The fraction of sp³-hybridized carbons (Fsp3) is 0.455. The van der Waals surface area contributed by atoms with Crippen LogP contribution in [0.15, 0.2) is 60.7 Å². The molecule has 0 radical (unpaired) electrons. The SMILES string of the molecule is Cc1cc(OC(=O)CC2C3CC4C2OC(=O)C4C3C(=O)O)cc(I)c1O.O=C(Oc1cc(I)c(O)cc1I)OC1C2CC3C1OC(=O)C3C2C(=O)O.O=C(Oc1ccc(O)c(I)c1)OC1C2CC3C1OC(=O)C3C2C(=O)O.O=C(Oc1ccc(O)cc1I)OC1C2CC3C1OC(=O)C3C2C(=O)O. The van der Waals surface area contributed by atoms with Crippen molar-refractivity contribution in [1.82, 2.24) is 0 Å². The van der Waals surface area contributed by atoms with Crippen molar-refractivity contribution in [2.45, 2.75) is 81.8 Å². The summed E-state index contributed by atoms with van der Waals surface area (Å²) in [4.78, 5) is 143. The van der Waals surface area contributed by atoms with Crippen LogP contribution in [-0.2, 0) is 76.3 Å². The molecule has 24 unspecified atom stereocenters. The first-order chi connectivity index (χ1) is 48.3. The number of carboxylic acid groups (broad SMARTS) is 4. The van der Waals surface area contributed by atoms with Gasteiger partial charge in [0.25, 0.3) is 0 Å². The van der Waals surface area contributed by atoms with E-state index in [1.54, 1.807) is 19.1 Å². The Labute approximate surface area is 642 Å². The number of esters is 5. The summed E-state index contributed by atoms with van der Waals surface area (Å²) in [5, 5.41) is 76.1. The molecule has 8 aliphatic carbocycles. The molecule has 4 heterocycles.